The van der Waals surface area contributed by atoms with E-state index in [-0.39, 0.29) is 44.1 Å². The maximum Gasteiger partial charge on any atom is 2.00 e. The minimum atomic E-state index is -0.682. The van der Waals surface area contributed by atoms with Crippen molar-refractivity contribution in [1.82, 2.24) is 29.1 Å². The molecular formula is C23H12N10Pt. The van der Waals surface area contributed by atoms with E-state index in [0.29, 0.717) is 23.0 Å². The van der Waals surface area contributed by atoms with Crippen LogP contribution in [0.3, 0.4) is 0 Å². The zero-order chi connectivity index (χ0) is 23.6. The summed E-state index contributed by atoms with van der Waals surface area (Å²) in [4.78, 5) is 23.7. The van der Waals surface area contributed by atoms with E-state index in [4.69, 9.17) is 18.4 Å². The molecule has 164 valence electrons. The molecule has 0 N–H and O–H groups in total. The summed E-state index contributed by atoms with van der Waals surface area (Å²) in [5.74, 6) is 0.800. The van der Waals surface area contributed by atoms with Crippen molar-refractivity contribution in [3.05, 3.63) is 94.7 Å². The smallest absolute Gasteiger partial charge is 0.402 e. The number of aromatic nitrogens is 6. The summed E-state index contributed by atoms with van der Waals surface area (Å²) in [6.45, 7) is 18.4. The topological polar surface area (TPSA) is 118 Å². The Morgan fingerprint density at radius 3 is 2.00 bits per heavy atom. The SMILES string of the molecule is [C-]#[N+]c1n[c-]n(-c2cccc(C(C)(C)c3cccc(-n4[c-]nc(C#N)c4C#N)n3)n2)c1[N+]#[C-].[Pt+2]. The summed E-state index contributed by atoms with van der Waals surface area (Å²) >= 11 is 0. The van der Waals surface area contributed by atoms with E-state index in [1.54, 1.807) is 24.3 Å². The molecule has 0 aliphatic rings. The van der Waals surface area contributed by atoms with Gasteiger partial charge in [-0.1, -0.05) is 36.3 Å². The quantitative estimate of drug-likeness (QED) is 0.321. The molecule has 10 nitrogen and oxygen atoms in total. The Morgan fingerprint density at radius 2 is 1.47 bits per heavy atom. The Morgan fingerprint density at radius 1 is 0.882 bits per heavy atom. The monoisotopic (exact) mass is 623 g/mol. The van der Waals surface area contributed by atoms with Gasteiger partial charge >= 0.3 is 26.9 Å². The van der Waals surface area contributed by atoms with Crippen LogP contribution in [0.15, 0.2) is 36.4 Å². The zero-order valence-corrected chi connectivity index (χ0v) is 20.0. The van der Waals surface area contributed by atoms with E-state index in [2.05, 4.69) is 42.3 Å². The van der Waals surface area contributed by atoms with E-state index < -0.39 is 5.41 Å². The summed E-state index contributed by atoms with van der Waals surface area (Å²) in [6, 6.07) is 14.5. The number of nitrogens with zero attached hydrogens (tertiary/aromatic N) is 10. The summed E-state index contributed by atoms with van der Waals surface area (Å²) in [5.41, 5.74) is 0.650. The van der Waals surface area contributed by atoms with Crippen LogP contribution in [0, 0.1) is 48.5 Å². The van der Waals surface area contributed by atoms with Gasteiger partial charge in [-0.25, -0.2) is 10.5 Å². The second kappa shape index (κ2) is 9.47. The van der Waals surface area contributed by atoms with Crippen LogP contribution < -0.4 is 0 Å². The van der Waals surface area contributed by atoms with E-state index in [9.17, 15) is 5.26 Å². The van der Waals surface area contributed by atoms with Crippen LogP contribution >= 0.6 is 0 Å². The fraction of sp³-hybridized carbons (Fsp3) is 0.130. The molecule has 0 aromatic carbocycles. The molecule has 0 aliphatic carbocycles. The molecule has 11 heteroatoms. The average molecular weight is 623 g/mol. The summed E-state index contributed by atoms with van der Waals surface area (Å²) in [6.07, 6.45) is 5.29. The third-order valence-corrected chi connectivity index (χ3v) is 5.01. The van der Waals surface area contributed by atoms with Gasteiger partial charge in [0.15, 0.2) is 0 Å². The van der Waals surface area contributed by atoms with Crippen molar-refractivity contribution in [3.8, 4) is 23.8 Å². The van der Waals surface area contributed by atoms with E-state index >= 15 is 0 Å². The first-order valence-corrected chi connectivity index (χ1v) is 9.46. The molecule has 0 fully saturated rings. The molecule has 0 spiro atoms. The first kappa shape index (κ1) is 24.0. The van der Waals surface area contributed by atoms with Crippen LogP contribution in [0.2, 0.25) is 0 Å². The van der Waals surface area contributed by atoms with Crippen molar-refractivity contribution in [2.45, 2.75) is 19.3 Å². The molecule has 4 rings (SSSR count). The number of pyridine rings is 2. The van der Waals surface area contributed by atoms with Gasteiger partial charge in [-0.2, -0.15) is 0 Å². The molecule has 0 radical (unpaired) electrons. The molecule has 0 saturated carbocycles. The van der Waals surface area contributed by atoms with Gasteiger partial charge in [-0.15, -0.1) is 0 Å². The minimum Gasteiger partial charge on any atom is -0.402 e. The molecular weight excluding hydrogens is 611 g/mol. The molecule has 4 aromatic heterocycles. The number of hydrogen-bond donors (Lipinski definition) is 0. The Kier molecular flexibility index (Phi) is 6.69. The molecule has 0 unspecified atom stereocenters. The third-order valence-electron chi connectivity index (χ3n) is 5.01. The predicted molar refractivity (Wildman–Crippen MR) is 114 cm³/mol. The molecule has 0 atom stereocenters. The van der Waals surface area contributed by atoms with Crippen molar-refractivity contribution in [1.29, 1.82) is 10.5 Å². The van der Waals surface area contributed by atoms with Crippen molar-refractivity contribution in [2.24, 2.45) is 0 Å². The number of rotatable bonds is 4. The van der Waals surface area contributed by atoms with Gasteiger partial charge in [0.05, 0.1) is 23.7 Å². The van der Waals surface area contributed by atoms with Crippen molar-refractivity contribution < 1.29 is 21.1 Å². The standard InChI is InChI=1S/C23H12N10.Pt/c1-23(2,17-7-5-9-19(30-17)32-13-28-15(11-24)16(32)12-25)18-8-6-10-20(31-18)33-14-29-21(26-3)22(33)27-4;/h5-10H,1-2H3;/q-2;+2. The predicted octanol–water partition coefficient (Wildman–Crippen LogP) is 3.62. The van der Waals surface area contributed by atoms with Crippen LogP contribution in [-0.4, -0.2) is 29.1 Å². The normalized spacial score (nSPS) is 10.3. The fourth-order valence-corrected chi connectivity index (χ4v) is 3.21. The second-order valence-corrected chi connectivity index (χ2v) is 7.27. The minimum absolute atomic E-state index is 0. The third kappa shape index (κ3) is 3.95. The Balaban J connectivity index is 0.00000324. The van der Waals surface area contributed by atoms with Crippen LogP contribution in [0.4, 0.5) is 11.6 Å². The summed E-state index contributed by atoms with van der Waals surface area (Å²) in [5, 5.41) is 18.6. The number of imidazole rings is 2. The van der Waals surface area contributed by atoms with E-state index in [1.165, 1.54) is 9.13 Å². The first-order valence-electron chi connectivity index (χ1n) is 9.46. The molecule has 4 aromatic rings. The van der Waals surface area contributed by atoms with Gasteiger partial charge in [0.25, 0.3) is 12.1 Å². The van der Waals surface area contributed by atoms with Crippen LogP contribution in [0.1, 0.15) is 36.6 Å². The maximum absolute atomic E-state index is 9.42. The molecule has 4 heterocycles. The maximum atomic E-state index is 9.42. The zero-order valence-electron chi connectivity index (χ0n) is 17.8. The van der Waals surface area contributed by atoms with Gasteiger partial charge < -0.3 is 19.2 Å². The molecule has 0 amide bonds. The van der Waals surface area contributed by atoms with Crippen molar-refractivity contribution >= 4 is 11.6 Å². The van der Waals surface area contributed by atoms with Gasteiger partial charge in [0.2, 0.25) is 0 Å². The largest absolute Gasteiger partial charge is 2.00 e. The van der Waals surface area contributed by atoms with Crippen molar-refractivity contribution in [3.63, 3.8) is 0 Å². The summed E-state index contributed by atoms with van der Waals surface area (Å²) in [7, 11) is 0. The van der Waals surface area contributed by atoms with Gasteiger partial charge in [-0.05, 0) is 32.0 Å². The molecule has 0 saturated heterocycles. The summed E-state index contributed by atoms with van der Waals surface area (Å²) < 4.78 is 2.70. The molecule has 0 aliphatic heterocycles. The van der Waals surface area contributed by atoms with E-state index in [0.717, 1.165) is 0 Å². The van der Waals surface area contributed by atoms with Crippen LogP contribution in [-0.2, 0) is 26.5 Å². The Bertz CT molecular complexity index is 1430. The van der Waals surface area contributed by atoms with E-state index in [1.807, 2.05) is 38.1 Å². The number of nitriles is 2. The fourth-order valence-electron chi connectivity index (χ4n) is 3.21. The number of hydrogen-bond acceptors (Lipinski definition) is 6. The Hall–Kier alpha value is -4.63. The van der Waals surface area contributed by atoms with Crippen LogP contribution in [0.5, 0.6) is 0 Å². The van der Waals surface area contributed by atoms with Crippen molar-refractivity contribution in [2.75, 3.05) is 0 Å². The second-order valence-electron chi connectivity index (χ2n) is 7.27. The Labute approximate surface area is 209 Å². The molecule has 0 bridgehead atoms. The first-order chi connectivity index (χ1) is 15.9. The average Bonchev–Trinajstić information content (AvgIpc) is 3.47. The molecule has 34 heavy (non-hydrogen) atoms. The van der Waals surface area contributed by atoms with Gasteiger partial charge in [0.1, 0.15) is 5.82 Å². The van der Waals surface area contributed by atoms with Crippen LogP contribution in [0.25, 0.3) is 21.3 Å². The van der Waals surface area contributed by atoms with Gasteiger partial charge in [-0.3, -0.25) is 14.5 Å². The van der Waals surface area contributed by atoms with Gasteiger partial charge in [0, 0.05) is 28.8 Å².